The number of hydrogen-bond donors (Lipinski definition) is 1. The highest BCUT2D eigenvalue weighted by Crippen LogP contribution is 2.09. The Balaban J connectivity index is 2.53. The molecule has 0 aliphatic rings. The maximum atomic E-state index is 11.9. The Bertz CT molecular complexity index is 378. The molecule has 1 rings (SSSR count). The van der Waals surface area contributed by atoms with Crippen molar-refractivity contribution in [2.75, 3.05) is 5.33 Å². The third-order valence-corrected chi connectivity index (χ3v) is 4.12. The monoisotopic (exact) mass is 297 g/mol. The molecule has 0 saturated carbocycles. The van der Waals surface area contributed by atoms with Crippen molar-refractivity contribution in [1.29, 1.82) is 0 Å². The molecule has 0 heterocycles. The minimum absolute atomic E-state index is 0.0969. The summed E-state index contributed by atoms with van der Waals surface area (Å²) in [6, 6.07) is 8.21. The first kappa shape index (κ1) is 14.2. The van der Waals surface area contributed by atoms with E-state index in [4.69, 9.17) is 0 Å². The van der Waals surface area contributed by atoms with Crippen LogP contribution in [0, 0.1) is 12.8 Å². The second-order valence-electron chi connectivity index (χ2n) is 4.59. The average Bonchev–Trinajstić information content (AvgIpc) is 2.31. The van der Waals surface area contributed by atoms with Crippen molar-refractivity contribution in [3.8, 4) is 0 Å². The highest BCUT2D eigenvalue weighted by atomic mass is 79.9. The van der Waals surface area contributed by atoms with Crippen molar-refractivity contribution in [2.45, 2.75) is 33.2 Å². The largest absolute Gasteiger partial charge is 0.353 e. The maximum absolute atomic E-state index is 11.9. The quantitative estimate of drug-likeness (QED) is 0.832. The first-order chi connectivity index (χ1) is 8.04. The van der Waals surface area contributed by atoms with E-state index in [1.807, 2.05) is 38.1 Å². The molecule has 2 nitrogen and oxygen atoms in total. The van der Waals surface area contributed by atoms with Crippen LogP contribution >= 0.6 is 15.9 Å². The molecule has 0 spiro atoms. The molecule has 1 aromatic carbocycles. The third-order valence-electron chi connectivity index (χ3n) is 3.10. The molecule has 0 bridgehead atoms. The number of amides is 1. The SMILES string of the molecule is Cc1ccccc1CC(=O)NC(C)C(C)CBr. The standard InChI is InChI=1S/C14H20BrNO/c1-10-6-4-5-7-13(10)8-14(17)16-12(3)11(2)9-15/h4-7,11-12H,8-9H2,1-3H3,(H,16,17). The Labute approximate surface area is 112 Å². The molecule has 3 heteroatoms. The van der Waals surface area contributed by atoms with Crippen molar-refractivity contribution in [1.82, 2.24) is 5.32 Å². The summed E-state index contributed by atoms with van der Waals surface area (Å²) in [6.07, 6.45) is 0.464. The maximum Gasteiger partial charge on any atom is 0.224 e. The summed E-state index contributed by atoms with van der Waals surface area (Å²) < 4.78 is 0. The van der Waals surface area contributed by atoms with Gasteiger partial charge in [0.1, 0.15) is 0 Å². The Morgan fingerprint density at radius 1 is 1.35 bits per heavy atom. The molecule has 2 unspecified atom stereocenters. The number of rotatable bonds is 5. The molecule has 1 aromatic rings. The Morgan fingerprint density at radius 3 is 2.59 bits per heavy atom. The number of benzene rings is 1. The van der Waals surface area contributed by atoms with Crippen LogP contribution in [-0.2, 0) is 11.2 Å². The third kappa shape index (κ3) is 4.50. The molecule has 2 atom stereocenters. The van der Waals surface area contributed by atoms with Crippen LogP contribution < -0.4 is 5.32 Å². The molecule has 17 heavy (non-hydrogen) atoms. The molecule has 0 saturated heterocycles. The van der Waals surface area contributed by atoms with E-state index in [-0.39, 0.29) is 11.9 Å². The first-order valence-electron chi connectivity index (χ1n) is 5.94. The topological polar surface area (TPSA) is 29.1 Å². The zero-order valence-electron chi connectivity index (χ0n) is 10.7. The molecule has 0 radical (unpaired) electrons. The van der Waals surface area contributed by atoms with E-state index < -0.39 is 0 Å². The van der Waals surface area contributed by atoms with Gasteiger partial charge >= 0.3 is 0 Å². The first-order valence-corrected chi connectivity index (χ1v) is 7.06. The zero-order chi connectivity index (χ0) is 12.8. The summed E-state index contributed by atoms with van der Waals surface area (Å²) in [4.78, 5) is 11.9. The van der Waals surface area contributed by atoms with Gasteiger partial charge in [0.15, 0.2) is 0 Å². The van der Waals surface area contributed by atoms with Crippen molar-refractivity contribution in [3.63, 3.8) is 0 Å². The number of halogens is 1. The predicted octanol–water partition coefficient (Wildman–Crippen LogP) is 3.07. The number of hydrogen-bond acceptors (Lipinski definition) is 1. The lowest BCUT2D eigenvalue weighted by atomic mass is 10.0. The van der Waals surface area contributed by atoms with Gasteiger partial charge in [-0.05, 0) is 30.9 Å². The van der Waals surface area contributed by atoms with Gasteiger partial charge in [0.05, 0.1) is 6.42 Å². The normalized spacial score (nSPS) is 14.1. The van der Waals surface area contributed by atoms with Gasteiger partial charge in [-0.1, -0.05) is 47.1 Å². The van der Waals surface area contributed by atoms with Gasteiger partial charge in [-0.3, -0.25) is 4.79 Å². The fourth-order valence-corrected chi connectivity index (χ4v) is 2.12. The molecule has 0 aliphatic carbocycles. The van der Waals surface area contributed by atoms with Crippen molar-refractivity contribution in [3.05, 3.63) is 35.4 Å². The number of carbonyl (C=O) groups excluding carboxylic acids is 1. The van der Waals surface area contributed by atoms with Crippen molar-refractivity contribution >= 4 is 21.8 Å². The minimum atomic E-state index is 0.0969. The number of alkyl halides is 1. The smallest absolute Gasteiger partial charge is 0.224 e. The van der Waals surface area contributed by atoms with Crippen molar-refractivity contribution in [2.24, 2.45) is 5.92 Å². The van der Waals surface area contributed by atoms with E-state index >= 15 is 0 Å². The van der Waals surface area contributed by atoms with Crippen LogP contribution in [0.5, 0.6) is 0 Å². The lowest BCUT2D eigenvalue weighted by molar-refractivity contribution is -0.121. The van der Waals surface area contributed by atoms with Gasteiger partial charge in [0.25, 0.3) is 0 Å². The van der Waals surface area contributed by atoms with Gasteiger partial charge in [-0.25, -0.2) is 0 Å². The summed E-state index contributed by atoms with van der Waals surface area (Å²) in [7, 11) is 0. The lowest BCUT2D eigenvalue weighted by Gasteiger charge is -2.19. The van der Waals surface area contributed by atoms with E-state index in [9.17, 15) is 4.79 Å². The molecule has 94 valence electrons. The van der Waals surface area contributed by atoms with Crippen LogP contribution in [0.15, 0.2) is 24.3 Å². The van der Waals surface area contributed by atoms with Crippen LogP contribution in [0.2, 0.25) is 0 Å². The van der Waals surface area contributed by atoms with E-state index in [2.05, 4.69) is 28.2 Å². The fourth-order valence-electron chi connectivity index (χ4n) is 1.56. The summed E-state index contributed by atoms with van der Waals surface area (Å²) >= 11 is 3.43. The molecular formula is C14H20BrNO. The average molecular weight is 298 g/mol. The lowest BCUT2D eigenvalue weighted by Crippen LogP contribution is -2.38. The summed E-state index contributed by atoms with van der Waals surface area (Å²) in [6.45, 7) is 6.20. The summed E-state index contributed by atoms with van der Waals surface area (Å²) in [5.41, 5.74) is 2.27. The van der Waals surface area contributed by atoms with Gasteiger partial charge < -0.3 is 5.32 Å². The number of aryl methyl sites for hydroxylation is 1. The van der Waals surface area contributed by atoms with Crippen molar-refractivity contribution < 1.29 is 4.79 Å². The van der Waals surface area contributed by atoms with Crippen LogP contribution in [-0.4, -0.2) is 17.3 Å². The van der Waals surface area contributed by atoms with E-state index in [1.54, 1.807) is 0 Å². The second kappa shape index (κ2) is 6.80. The fraction of sp³-hybridized carbons (Fsp3) is 0.500. The van der Waals surface area contributed by atoms with Crippen LogP contribution in [0.1, 0.15) is 25.0 Å². The Morgan fingerprint density at radius 2 is 2.00 bits per heavy atom. The highest BCUT2D eigenvalue weighted by Gasteiger charge is 2.14. The van der Waals surface area contributed by atoms with E-state index in [0.29, 0.717) is 12.3 Å². The minimum Gasteiger partial charge on any atom is -0.353 e. The van der Waals surface area contributed by atoms with Crippen LogP contribution in [0.3, 0.4) is 0 Å². The number of nitrogens with one attached hydrogen (secondary N) is 1. The van der Waals surface area contributed by atoms with Gasteiger partial charge in [0, 0.05) is 11.4 Å². The van der Waals surface area contributed by atoms with E-state index in [0.717, 1.165) is 10.9 Å². The number of carbonyl (C=O) groups is 1. The molecule has 1 N–H and O–H groups in total. The summed E-state index contributed by atoms with van der Waals surface area (Å²) in [5.74, 6) is 0.537. The molecule has 0 fully saturated rings. The van der Waals surface area contributed by atoms with E-state index in [1.165, 1.54) is 5.56 Å². The highest BCUT2D eigenvalue weighted by molar-refractivity contribution is 9.09. The van der Waals surface area contributed by atoms with Gasteiger partial charge in [-0.15, -0.1) is 0 Å². The van der Waals surface area contributed by atoms with Gasteiger partial charge in [0.2, 0.25) is 5.91 Å². The molecule has 1 amide bonds. The second-order valence-corrected chi connectivity index (χ2v) is 5.24. The van der Waals surface area contributed by atoms with Gasteiger partial charge in [-0.2, -0.15) is 0 Å². The Kier molecular flexibility index (Phi) is 5.69. The molecule has 0 aliphatic heterocycles. The Hall–Kier alpha value is -0.830. The molecular weight excluding hydrogens is 278 g/mol. The summed E-state index contributed by atoms with van der Waals surface area (Å²) in [5, 5.41) is 3.94. The predicted molar refractivity (Wildman–Crippen MR) is 75.4 cm³/mol. The zero-order valence-corrected chi connectivity index (χ0v) is 12.3. The van der Waals surface area contributed by atoms with Crippen LogP contribution in [0.25, 0.3) is 0 Å². The molecule has 0 aromatic heterocycles. The van der Waals surface area contributed by atoms with Crippen LogP contribution in [0.4, 0.5) is 0 Å².